The molecule has 0 saturated heterocycles. The first-order chi connectivity index (χ1) is 18.4. The number of para-hydroxylation sites is 1. The van der Waals surface area contributed by atoms with Crippen molar-refractivity contribution in [2.45, 2.75) is 18.9 Å². The van der Waals surface area contributed by atoms with Crippen molar-refractivity contribution in [3.63, 3.8) is 0 Å². The molecule has 1 saturated carbocycles. The van der Waals surface area contributed by atoms with Crippen LogP contribution in [0.3, 0.4) is 0 Å². The molecule has 0 bridgehead atoms. The molecule has 1 spiro atoms. The molecule has 2 aromatic rings. The maximum Gasteiger partial charge on any atom is 0.410 e. The number of hydrogen-bond acceptors (Lipinski definition) is 7. The zero-order valence-corrected chi connectivity index (χ0v) is 20.7. The fourth-order valence-electron chi connectivity index (χ4n) is 6.20. The first-order valence-electron chi connectivity index (χ1n) is 12.3. The second kappa shape index (κ2) is 9.18. The summed E-state index contributed by atoms with van der Waals surface area (Å²) in [4.78, 5) is 30.4. The summed E-state index contributed by atoms with van der Waals surface area (Å²) in [5.74, 6) is -2.70. The second-order valence-corrected chi connectivity index (χ2v) is 9.53. The largest absolute Gasteiger partial charge is 0.450 e. The molecule has 5 rings (SSSR count). The molecule has 3 unspecified atom stereocenters. The molecule has 3 aliphatic rings. The Bertz CT molecular complexity index is 1480. The van der Waals surface area contributed by atoms with Crippen LogP contribution in [0.4, 0.5) is 10.5 Å². The molecule has 9 nitrogen and oxygen atoms in total. The summed E-state index contributed by atoms with van der Waals surface area (Å²) in [7, 11) is 0. The number of carbonyl (C=O) groups excluding carboxylic acids is 2. The van der Waals surface area contributed by atoms with Gasteiger partial charge in [0.25, 0.3) is 0 Å². The first-order valence-corrected chi connectivity index (χ1v) is 12.3. The normalized spacial score (nSPS) is 24.9. The Morgan fingerprint density at radius 2 is 1.79 bits per heavy atom. The molecule has 1 aliphatic carbocycles. The number of benzene rings is 2. The van der Waals surface area contributed by atoms with Crippen molar-refractivity contribution in [1.82, 2.24) is 4.90 Å². The van der Waals surface area contributed by atoms with E-state index >= 15 is 0 Å². The van der Waals surface area contributed by atoms with Gasteiger partial charge in [-0.25, -0.2) is 4.79 Å². The number of nitriles is 3. The minimum atomic E-state index is -2.01. The Labute approximate surface area is 220 Å². The fraction of sp³-hybridized carbons (Fsp3) is 0.310. The minimum absolute atomic E-state index is 0.0412. The summed E-state index contributed by atoms with van der Waals surface area (Å²) in [6.45, 7) is 2.09. The van der Waals surface area contributed by atoms with Crippen LogP contribution in [0.1, 0.15) is 18.1 Å². The van der Waals surface area contributed by atoms with Crippen LogP contribution in [0.25, 0.3) is 0 Å². The van der Waals surface area contributed by atoms with Gasteiger partial charge in [0.05, 0.1) is 37.1 Å². The van der Waals surface area contributed by atoms with Gasteiger partial charge >= 0.3 is 6.09 Å². The maximum absolute atomic E-state index is 14.7. The fourth-order valence-corrected chi connectivity index (χ4v) is 6.20. The van der Waals surface area contributed by atoms with Crippen LogP contribution in [0, 0.1) is 56.7 Å². The zero-order valence-electron chi connectivity index (χ0n) is 20.7. The van der Waals surface area contributed by atoms with Crippen molar-refractivity contribution in [1.29, 1.82) is 21.2 Å². The van der Waals surface area contributed by atoms with Crippen molar-refractivity contribution in [3.05, 3.63) is 77.4 Å². The lowest BCUT2D eigenvalue weighted by molar-refractivity contribution is -0.126. The molecular formula is C29H24N6O3. The molecule has 38 heavy (non-hydrogen) atoms. The van der Waals surface area contributed by atoms with Gasteiger partial charge in [-0.1, -0.05) is 54.6 Å². The predicted molar refractivity (Wildman–Crippen MR) is 136 cm³/mol. The summed E-state index contributed by atoms with van der Waals surface area (Å²) < 4.78 is 5.21. The average molecular weight is 505 g/mol. The third-order valence-corrected chi connectivity index (χ3v) is 7.85. The molecule has 1 fully saturated rings. The van der Waals surface area contributed by atoms with Gasteiger partial charge in [0.2, 0.25) is 11.3 Å². The Balaban J connectivity index is 1.76. The maximum atomic E-state index is 14.7. The molecule has 2 heterocycles. The van der Waals surface area contributed by atoms with E-state index in [1.165, 1.54) is 4.90 Å². The van der Waals surface area contributed by atoms with Gasteiger partial charge in [0.1, 0.15) is 11.3 Å². The highest BCUT2D eigenvalue weighted by atomic mass is 16.6. The van der Waals surface area contributed by atoms with Gasteiger partial charge in [-0.3, -0.25) is 4.79 Å². The van der Waals surface area contributed by atoms with E-state index < -0.39 is 40.4 Å². The van der Waals surface area contributed by atoms with Gasteiger partial charge in [-0.05, 0) is 29.7 Å². The number of anilines is 1. The Morgan fingerprint density at radius 1 is 1.11 bits per heavy atom. The monoisotopic (exact) mass is 504 g/mol. The summed E-state index contributed by atoms with van der Waals surface area (Å²) >= 11 is 0. The topological polar surface area (TPSA) is 145 Å². The average Bonchev–Trinajstić information content (AvgIpc) is 3.18. The summed E-state index contributed by atoms with van der Waals surface area (Å²) in [6.07, 6.45) is 0.989. The van der Waals surface area contributed by atoms with Crippen molar-refractivity contribution in [2.75, 3.05) is 24.6 Å². The molecule has 2 aromatic carbocycles. The van der Waals surface area contributed by atoms with Gasteiger partial charge in [-0.15, -0.1) is 0 Å². The SMILES string of the molecule is CCOC(=O)N1CC=C2C(C1)C1(C(=O)N(Cc3ccccc3)c3ccccc31)C(C#N)C(=N)C2(C#N)C#N. The standard InChI is InChI=1S/C29H24N6O3/c1-2-38-27(37)34-13-12-20-23(16-34)29(22(14-30)25(33)28(20,17-31)18-32)21-10-6-7-11-24(21)35(26(29)36)15-19-8-4-3-5-9-19/h3-12,22-23,33H,2,13,15-16H2,1H3. The number of nitrogens with zero attached hydrogens (tertiary/aromatic N) is 5. The van der Waals surface area contributed by atoms with E-state index in [9.17, 15) is 25.4 Å². The molecule has 0 aromatic heterocycles. The van der Waals surface area contributed by atoms with Crippen molar-refractivity contribution >= 4 is 23.4 Å². The summed E-state index contributed by atoms with van der Waals surface area (Å²) in [5.41, 5.74) is -1.73. The van der Waals surface area contributed by atoms with Gasteiger partial charge in [0, 0.05) is 24.7 Å². The number of hydrogen-bond donors (Lipinski definition) is 1. The summed E-state index contributed by atoms with van der Waals surface area (Å²) in [6, 6.07) is 22.7. The van der Waals surface area contributed by atoms with E-state index in [1.54, 1.807) is 42.2 Å². The highest BCUT2D eigenvalue weighted by molar-refractivity contribution is 6.15. The molecule has 9 heteroatoms. The van der Waals surface area contributed by atoms with Crippen LogP contribution in [0.5, 0.6) is 0 Å². The lowest BCUT2D eigenvalue weighted by Crippen LogP contribution is -2.64. The molecule has 1 N–H and O–H groups in total. The Kier molecular flexibility index (Phi) is 5.97. The van der Waals surface area contributed by atoms with Crippen LogP contribution < -0.4 is 4.90 Å². The highest BCUT2D eigenvalue weighted by Gasteiger charge is 2.70. The quantitative estimate of drug-likeness (QED) is 0.631. The van der Waals surface area contributed by atoms with E-state index in [0.717, 1.165) is 5.56 Å². The number of ether oxygens (including phenoxy) is 1. The van der Waals surface area contributed by atoms with Crippen LogP contribution in [-0.4, -0.2) is 42.3 Å². The summed E-state index contributed by atoms with van der Waals surface area (Å²) in [5, 5.41) is 39.9. The van der Waals surface area contributed by atoms with Crippen molar-refractivity contribution in [2.24, 2.45) is 17.3 Å². The minimum Gasteiger partial charge on any atom is -0.450 e. The lowest BCUT2D eigenvalue weighted by Gasteiger charge is -2.51. The van der Waals surface area contributed by atoms with E-state index in [2.05, 4.69) is 6.07 Å². The number of amides is 2. The Morgan fingerprint density at radius 3 is 2.45 bits per heavy atom. The molecule has 2 amide bonds. The highest BCUT2D eigenvalue weighted by Crippen LogP contribution is 2.61. The zero-order chi connectivity index (χ0) is 27.1. The van der Waals surface area contributed by atoms with Crippen LogP contribution in [0.15, 0.2) is 66.2 Å². The van der Waals surface area contributed by atoms with Crippen molar-refractivity contribution in [3.8, 4) is 18.2 Å². The van der Waals surface area contributed by atoms with E-state index in [1.807, 2.05) is 42.5 Å². The van der Waals surface area contributed by atoms with Crippen molar-refractivity contribution < 1.29 is 14.3 Å². The van der Waals surface area contributed by atoms with Crippen LogP contribution >= 0.6 is 0 Å². The third-order valence-electron chi connectivity index (χ3n) is 7.85. The first kappa shape index (κ1) is 24.7. The van der Waals surface area contributed by atoms with E-state index in [0.29, 0.717) is 11.3 Å². The number of fused-ring (bicyclic) bond motifs is 4. The van der Waals surface area contributed by atoms with Crippen LogP contribution in [0.2, 0.25) is 0 Å². The predicted octanol–water partition coefficient (Wildman–Crippen LogP) is 3.69. The van der Waals surface area contributed by atoms with Crippen LogP contribution in [-0.2, 0) is 21.5 Å². The second-order valence-electron chi connectivity index (χ2n) is 9.53. The molecular weight excluding hydrogens is 480 g/mol. The van der Waals surface area contributed by atoms with E-state index in [-0.39, 0.29) is 31.8 Å². The van der Waals surface area contributed by atoms with E-state index in [4.69, 9.17) is 10.1 Å². The number of carbonyl (C=O) groups is 2. The molecule has 2 aliphatic heterocycles. The van der Waals surface area contributed by atoms with Gasteiger partial charge in [-0.2, -0.15) is 15.8 Å². The molecule has 3 atom stereocenters. The van der Waals surface area contributed by atoms with Gasteiger partial charge in [0.15, 0.2) is 0 Å². The molecule has 188 valence electrons. The molecule has 0 radical (unpaired) electrons. The Hall–Kier alpha value is -4.94. The number of nitrogens with one attached hydrogen (secondary N) is 1. The third kappa shape index (κ3) is 3.17. The van der Waals surface area contributed by atoms with Gasteiger partial charge < -0.3 is 19.9 Å². The number of rotatable bonds is 3. The lowest BCUT2D eigenvalue weighted by atomic mass is 9.48. The smallest absolute Gasteiger partial charge is 0.410 e.